The molecule has 0 spiro atoms. The predicted octanol–water partition coefficient (Wildman–Crippen LogP) is 0.888. The summed E-state index contributed by atoms with van der Waals surface area (Å²) in [5.41, 5.74) is 7.24. The fourth-order valence-electron chi connectivity index (χ4n) is 1.45. The number of benzene rings is 1. The van der Waals surface area contributed by atoms with Gasteiger partial charge in [0.25, 0.3) is 0 Å². The van der Waals surface area contributed by atoms with Crippen molar-refractivity contribution in [2.75, 3.05) is 6.54 Å². The SMILES string of the molecule is CC(C)C(O)CNCc1ccc(/C(N)=N/O)cc1. The Morgan fingerprint density at radius 3 is 2.44 bits per heavy atom. The summed E-state index contributed by atoms with van der Waals surface area (Å²) in [5.74, 6) is 0.352. The number of nitrogens with one attached hydrogen (secondary N) is 1. The molecule has 0 bridgehead atoms. The molecule has 0 saturated carbocycles. The molecule has 5 nitrogen and oxygen atoms in total. The number of rotatable bonds is 6. The molecule has 1 unspecified atom stereocenters. The van der Waals surface area contributed by atoms with Crippen molar-refractivity contribution in [3.63, 3.8) is 0 Å². The molecule has 0 aliphatic rings. The summed E-state index contributed by atoms with van der Waals surface area (Å²) in [6, 6.07) is 7.40. The first kappa shape index (κ1) is 14.5. The van der Waals surface area contributed by atoms with E-state index in [0.29, 0.717) is 18.7 Å². The normalized spacial score (nSPS) is 13.9. The van der Waals surface area contributed by atoms with Gasteiger partial charge < -0.3 is 21.4 Å². The highest BCUT2D eigenvalue weighted by molar-refractivity contribution is 5.96. The number of amidine groups is 1. The van der Waals surface area contributed by atoms with Gasteiger partial charge in [-0.2, -0.15) is 0 Å². The Hall–Kier alpha value is -1.59. The first-order chi connectivity index (χ1) is 8.54. The molecule has 0 aromatic heterocycles. The Labute approximate surface area is 107 Å². The fraction of sp³-hybridized carbons (Fsp3) is 0.462. The molecule has 1 aromatic rings. The van der Waals surface area contributed by atoms with Crippen LogP contribution in [0.5, 0.6) is 0 Å². The predicted molar refractivity (Wildman–Crippen MR) is 71.5 cm³/mol. The highest BCUT2D eigenvalue weighted by Gasteiger charge is 2.07. The molecule has 100 valence electrons. The number of nitrogens with two attached hydrogens (primary N) is 1. The van der Waals surface area contributed by atoms with Crippen molar-refractivity contribution < 1.29 is 10.3 Å². The molecule has 5 heteroatoms. The second kappa shape index (κ2) is 6.98. The van der Waals surface area contributed by atoms with Gasteiger partial charge in [0.2, 0.25) is 0 Å². The Balaban J connectivity index is 2.45. The second-order valence-corrected chi connectivity index (χ2v) is 4.62. The van der Waals surface area contributed by atoms with E-state index < -0.39 is 0 Å². The third-order valence-electron chi connectivity index (χ3n) is 2.81. The Bertz CT molecular complexity index is 388. The number of hydrogen-bond acceptors (Lipinski definition) is 4. The minimum atomic E-state index is -0.332. The van der Waals surface area contributed by atoms with E-state index in [4.69, 9.17) is 10.9 Å². The van der Waals surface area contributed by atoms with Gasteiger partial charge in [0.1, 0.15) is 0 Å². The average molecular weight is 251 g/mol. The summed E-state index contributed by atoms with van der Waals surface area (Å²) in [7, 11) is 0. The Morgan fingerprint density at radius 2 is 1.94 bits per heavy atom. The molecule has 5 N–H and O–H groups in total. The lowest BCUT2D eigenvalue weighted by Gasteiger charge is -2.15. The molecule has 0 saturated heterocycles. The minimum absolute atomic E-state index is 0.102. The molecule has 1 atom stereocenters. The lowest BCUT2D eigenvalue weighted by atomic mass is 10.1. The zero-order chi connectivity index (χ0) is 13.5. The summed E-state index contributed by atoms with van der Waals surface area (Å²) in [4.78, 5) is 0. The van der Waals surface area contributed by atoms with Gasteiger partial charge in [0, 0.05) is 18.7 Å². The number of aliphatic hydroxyl groups is 1. The van der Waals surface area contributed by atoms with Crippen LogP contribution in [0.25, 0.3) is 0 Å². The standard InChI is InChI=1S/C13H21N3O2/c1-9(2)12(17)8-15-7-10-3-5-11(6-4-10)13(14)16-18/h3-6,9,12,15,17-18H,7-8H2,1-2H3,(H2,14,16). The summed E-state index contributed by atoms with van der Waals surface area (Å²) >= 11 is 0. The van der Waals surface area contributed by atoms with Gasteiger partial charge in [0.15, 0.2) is 5.84 Å². The smallest absolute Gasteiger partial charge is 0.170 e. The number of hydrogen-bond donors (Lipinski definition) is 4. The summed E-state index contributed by atoms with van der Waals surface area (Å²) in [5, 5.41) is 24.3. The van der Waals surface area contributed by atoms with Crippen LogP contribution in [0.3, 0.4) is 0 Å². The van der Waals surface area contributed by atoms with Crippen LogP contribution in [0, 0.1) is 5.92 Å². The highest BCUT2D eigenvalue weighted by atomic mass is 16.4. The van der Waals surface area contributed by atoms with Gasteiger partial charge in [-0.3, -0.25) is 0 Å². The lowest BCUT2D eigenvalue weighted by molar-refractivity contribution is 0.123. The van der Waals surface area contributed by atoms with E-state index >= 15 is 0 Å². The van der Waals surface area contributed by atoms with Gasteiger partial charge in [0.05, 0.1) is 6.10 Å². The summed E-state index contributed by atoms with van der Waals surface area (Å²) in [6.07, 6.45) is -0.332. The van der Waals surface area contributed by atoms with Crippen LogP contribution in [0.15, 0.2) is 29.4 Å². The molecular weight excluding hydrogens is 230 g/mol. The topological polar surface area (TPSA) is 90.9 Å². The Kier molecular flexibility index (Phi) is 5.61. The van der Waals surface area contributed by atoms with Gasteiger partial charge in [-0.1, -0.05) is 43.3 Å². The van der Waals surface area contributed by atoms with Crippen LogP contribution in [0.4, 0.5) is 0 Å². The Morgan fingerprint density at radius 1 is 1.33 bits per heavy atom. The molecule has 18 heavy (non-hydrogen) atoms. The maximum Gasteiger partial charge on any atom is 0.170 e. The van der Waals surface area contributed by atoms with Gasteiger partial charge in [-0.05, 0) is 11.5 Å². The number of aliphatic hydroxyl groups excluding tert-OH is 1. The lowest BCUT2D eigenvalue weighted by Crippen LogP contribution is -2.30. The fourth-order valence-corrected chi connectivity index (χ4v) is 1.45. The van der Waals surface area contributed by atoms with E-state index in [1.54, 1.807) is 12.1 Å². The van der Waals surface area contributed by atoms with Crippen molar-refractivity contribution in [1.82, 2.24) is 5.32 Å². The van der Waals surface area contributed by atoms with Crippen LogP contribution in [-0.4, -0.2) is 28.8 Å². The van der Waals surface area contributed by atoms with Crippen LogP contribution < -0.4 is 11.1 Å². The van der Waals surface area contributed by atoms with Crippen molar-refractivity contribution in [2.45, 2.75) is 26.5 Å². The highest BCUT2D eigenvalue weighted by Crippen LogP contribution is 2.05. The molecule has 0 aliphatic carbocycles. The first-order valence-electron chi connectivity index (χ1n) is 6.00. The molecule has 0 aliphatic heterocycles. The maximum atomic E-state index is 9.63. The average Bonchev–Trinajstić information content (AvgIpc) is 2.38. The van der Waals surface area contributed by atoms with E-state index in [2.05, 4.69) is 10.5 Å². The monoisotopic (exact) mass is 251 g/mol. The van der Waals surface area contributed by atoms with Crippen LogP contribution in [-0.2, 0) is 6.54 Å². The van der Waals surface area contributed by atoms with Crippen molar-refractivity contribution >= 4 is 5.84 Å². The molecule has 0 heterocycles. The van der Waals surface area contributed by atoms with Crippen molar-refractivity contribution in [3.8, 4) is 0 Å². The summed E-state index contributed by atoms with van der Waals surface area (Å²) < 4.78 is 0. The maximum absolute atomic E-state index is 9.63. The van der Waals surface area contributed by atoms with Gasteiger partial charge >= 0.3 is 0 Å². The van der Waals surface area contributed by atoms with Gasteiger partial charge in [-0.25, -0.2) is 0 Å². The van der Waals surface area contributed by atoms with Crippen molar-refractivity contribution in [2.24, 2.45) is 16.8 Å². The zero-order valence-corrected chi connectivity index (χ0v) is 10.8. The van der Waals surface area contributed by atoms with Crippen LogP contribution in [0.1, 0.15) is 25.0 Å². The van der Waals surface area contributed by atoms with E-state index in [1.807, 2.05) is 26.0 Å². The van der Waals surface area contributed by atoms with E-state index in [1.165, 1.54) is 0 Å². The third-order valence-corrected chi connectivity index (χ3v) is 2.81. The van der Waals surface area contributed by atoms with Gasteiger partial charge in [-0.15, -0.1) is 0 Å². The van der Waals surface area contributed by atoms with Crippen molar-refractivity contribution in [1.29, 1.82) is 0 Å². The van der Waals surface area contributed by atoms with Crippen LogP contribution in [0.2, 0.25) is 0 Å². The van der Waals surface area contributed by atoms with Crippen molar-refractivity contribution in [3.05, 3.63) is 35.4 Å². The van der Waals surface area contributed by atoms with E-state index in [0.717, 1.165) is 5.56 Å². The number of oxime groups is 1. The minimum Gasteiger partial charge on any atom is -0.409 e. The molecule has 0 fully saturated rings. The molecule has 1 rings (SSSR count). The largest absolute Gasteiger partial charge is 0.409 e. The molecule has 0 radical (unpaired) electrons. The molecule has 0 amide bonds. The van der Waals surface area contributed by atoms with Crippen LogP contribution >= 0.6 is 0 Å². The second-order valence-electron chi connectivity index (χ2n) is 4.62. The van der Waals surface area contributed by atoms with E-state index in [-0.39, 0.29) is 17.9 Å². The number of nitrogens with zero attached hydrogens (tertiary/aromatic N) is 1. The first-order valence-corrected chi connectivity index (χ1v) is 6.00. The molecular formula is C13H21N3O2. The quantitative estimate of drug-likeness (QED) is 0.261. The zero-order valence-electron chi connectivity index (χ0n) is 10.8. The molecule has 1 aromatic carbocycles. The third kappa shape index (κ3) is 4.35. The van der Waals surface area contributed by atoms with E-state index in [9.17, 15) is 5.11 Å². The summed E-state index contributed by atoms with van der Waals surface area (Å²) in [6.45, 7) is 5.22.